The SMILES string of the molecule is O[C@@H](CNCc1ccccc1N1CCOCC1)c1cccc(C(F)(F)F)c1. The van der Waals surface area contributed by atoms with Gasteiger partial charge in [-0.2, -0.15) is 13.2 Å². The summed E-state index contributed by atoms with van der Waals surface area (Å²) in [5, 5.41) is 13.4. The molecule has 1 aliphatic rings. The number of aliphatic hydroxyl groups is 1. The second-order valence-electron chi connectivity index (χ2n) is 6.50. The molecular formula is C20H23F3N2O2. The first-order valence-electron chi connectivity index (χ1n) is 8.91. The van der Waals surface area contributed by atoms with Gasteiger partial charge < -0.3 is 20.1 Å². The molecule has 2 aromatic rings. The van der Waals surface area contributed by atoms with Crippen molar-refractivity contribution in [3.63, 3.8) is 0 Å². The molecule has 3 rings (SSSR count). The number of anilines is 1. The Bertz CT molecular complexity index is 746. The molecule has 7 heteroatoms. The van der Waals surface area contributed by atoms with Crippen LogP contribution in [0.4, 0.5) is 18.9 Å². The number of nitrogens with zero attached hydrogens (tertiary/aromatic N) is 1. The number of benzene rings is 2. The number of aliphatic hydroxyl groups excluding tert-OH is 1. The van der Waals surface area contributed by atoms with Crippen LogP contribution in [0.3, 0.4) is 0 Å². The first-order valence-corrected chi connectivity index (χ1v) is 8.91. The number of halogens is 3. The molecule has 0 unspecified atom stereocenters. The Kier molecular flexibility index (Phi) is 6.36. The summed E-state index contributed by atoms with van der Waals surface area (Å²) < 4.78 is 43.8. The van der Waals surface area contributed by atoms with E-state index < -0.39 is 17.8 Å². The van der Waals surface area contributed by atoms with Crippen molar-refractivity contribution in [2.45, 2.75) is 18.8 Å². The highest BCUT2D eigenvalue weighted by Gasteiger charge is 2.30. The lowest BCUT2D eigenvalue weighted by Gasteiger charge is -2.30. The van der Waals surface area contributed by atoms with E-state index in [4.69, 9.17) is 4.74 Å². The molecule has 2 aromatic carbocycles. The van der Waals surface area contributed by atoms with E-state index in [1.165, 1.54) is 12.1 Å². The first-order chi connectivity index (χ1) is 12.9. The van der Waals surface area contributed by atoms with Gasteiger partial charge in [-0.3, -0.25) is 0 Å². The van der Waals surface area contributed by atoms with E-state index in [0.29, 0.717) is 19.8 Å². The van der Waals surface area contributed by atoms with Gasteiger partial charge in [-0.15, -0.1) is 0 Å². The molecule has 1 heterocycles. The zero-order valence-electron chi connectivity index (χ0n) is 14.9. The number of ether oxygens (including phenoxy) is 1. The standard InChI is InChI=1S/C20H23F3N2O2/c21-20(22,23)17-6-3-5-15(12-17)19(26)14-24-13-16-4-1-2-7-18(16)25-8-10-27-11-9-25/h1-7,12,19,24,26H,8-11,13-14H2/t19-/m0/s1. The van der Waals surface area contributed by atoms with Crippen molar-refractivity contribution in [2.75, 3.05) is 37.7 Å². The van der Waals surface area contributed by atoms with Crippen molar-refractivity contribution in [3.8, 4) is 0 Å². The van der Waals surface area contributed by atoms with Crippen molar-refractivity contribution in [1.29, 1.82) is 0 Å². The summed E-state index contributed by atoms with van der Waals surface area (Å²) in [5.74, 6) is 0. The Labute approximate surface area is 156 Å². The molecule has 0 aromatic heterocycles. The van der Waals surface area contributed by atoms with Gasteiger partial charge in [0.2, 0.25) is 0 Å². The summed E-state index contributed by atoms with van der Waals surface area (Å²) in [6, 6.07) is 12.8. The molecule has 146 valence electrons. The highest BCUT2D eigenvalue weighted by molar-refractivity contribution is 5.53. The maximum absolute atomic E-state index is 12.8. The summed E-state index contributed by atoms with van der Waals surface area (Å²) in [6.07, 6.45) is -5.43. The summed E-state index contributed by atoms with van der Waals surface area (Å²) in [7, 11) is 0. The number of rotatable bonds is 6. The molecule has 27 heavy (non-hydrogen) atoms. The second kappa shape index (κ2) is 8.73. The van der Waals surface area contributed by atoms with Crippen molar-refractivity contribution >= 4 is 5.69 Å². The smallest absolute Gasteiger partial charge is 0.387 e. The van der Waals surface area contributed by atoms with Gasteiger partial charge in [0.15, 0.2) is 0 Å². The minimum absolute atomic E-state index is 0.165. The van der Waals surface area contributed by atoms with Crippen molar-refractivity contribution in [3.05, 3.63) is 65.2 Å². The molecule has 0 aliphatic carbocycles. The average molecular weight is 380 g/mol. The molecule has 2 N–H and O–H groups in total. The van der Waals surface area contributed by atoms with Gasteiger partial charge in [0.1, 0.15) is 0 Å². The van der Waals surface area contributed by atoms with E-state index in [2.05, 4.69) is 10.2 Å². The van der Waals surface area contributed by atoms with Gasteiger partial charge >= 0.3 is 6.18 Å². The molecular weight excluding hydrogens is 357 g/mol. The van der Waals surface area contributed by atoms with Crippen molar-refractivity contribution < 1.29 is 23.0 Å². The van der Waals surface area contributed by atoms with Gasteiger partial charge in [0, 0.05) is 31.9 Å². The van der Waals surface area contributed by atoms with Gasteiger partial charge in [0.25, 0.3) is 0 Å². The van der Waals surface area contributed by atoms with E-state index in [-0.39, 0.29) is 12.1 Å². The van der Waals surface area contributed by atoms with Crippen LogP contribution in [0, 0.1) is 0 Å². The zero-order valence-corrected chi connectivity index (χ0v) is 14.9. The Morgan fingerprint density at radius 1 is 1.07 bits per heavy atom. The molecule has 0 amide bonds. The second-order valence-corrected chi connectivity index (χ2v) is 6.50. The minimum atomic E-state index is -4.42. The lowest BCUT2D eigenvalue weighted by atomic mass is 10.1. The lowest BCUT2D eigenvalue weighted by Crippen LogP contribution is -2.37. The Hall–Kier alpha value is -2.09. The molecule has 1 fully saturated rings. The van der Waals surface area contributed by atoms with Crippen molar-refractivity contribution in [2.24, 2.45) is 0 Å². The summed E-state index contributed by atoms with van der Waals surface area (Å²) in [6.45, 7) is 3.71. The highest BCUT2D eigenvalue weighted by Crippen LogP contribution is 2.30. The van der Waals surface area contributed by atoms with Crippen molar-refractivity contribution in [1.82, 2.24) is 5.32 Å². The fourth-order valence-electron chi connectivity index (χ4n) is 3.16. The fraction of sp³-hybridized carbons (Fsp3) is 0.400. The maximum atomic E-state index is 12.8. The predicted molar refractivity (Wildman–Crippen MR) is 97.6 cm³/mol. The van der Waals surface area contributed by atoms with Crippen LogP contribution in [-0.2, 0) is 17.5 Å². The van der Waals surface area contributed by atoms with E-state index in [0.717, 1.165) is 36.5 Å². The van der Waals surface area contributed by atoms with Crippen LogP contribution < -0.4 is 10.2 Å². The zero-order chi connectivity index (χ0) is 19.3. The van der Waals surface area contributed by atoms with Crippen LogP contribution in [0.25, 0.3) is 0 Å². The third-order valence-corrected chi connectivity index (χ3v) is 4.60. The average Bonchev–Trinajstić information content (AvgIpc) is 2.68. The van der Waals surface area contributed by atoms with Crippen LogP contribution in [0.5, 0.6) is 0 Å². The monoisotopic (exact) mass is 380 g/mol. The number of hydrogen-bond acceptors (Lipinski definition) is 4. The van der Waals surface area contributed by atoms with Gasteiger partial charge in [-0.25, -0.2) is 0 Å². The van der Waals surface area contributed by atoms with E-state index in [9.17, 15) is 18.3 Å². The fourth-order valence-corrected chi connectivity index (χ4v) is 3.16. The third kappa shape index (κ3) is 5.22. The summed E-state index contributed by atoms with van der Waals surface area (Å²) in [5.41, 5.74) is 1.69. The summed E-state index contributed by atoms with van der Waals surface area (Å²) in [4.78, 5) is 2.25. The largest absolute Gasteiger partial charge is 0.416 e. The Morgan fingerprint density at radius 2 is 1.81 bits per heavy atom. The lowest BCUT2D eigenvalue weighted by molar-refractivity contribution is -0.137. The first kappa shape index (κ1) is 19.7. The quantitative estimate of drug-likeness (QED) is 0.807. The Morgan fingerprint density at radius 3 is 2.56 bits per heavy atom. The predicted octanol–water partition coefficient (Wildman–Crippen LogP) is 3.37. The molecule has 1 saturated heterocycles. The number of morpholine rings is 1. The Balaban J connectivity index is 1.60. The van der Waals surface area contributed by atoms with Crippen LogP contribution >= 0.6 is 0 Å². The van der Waals surface area contributed by atoms with Crippen LogP contribution in [0.1, 0.15) is 22.8 Å². The summed E-state index contributed by atoms with van der Waals surface area (Å²) >= 11 is 0. The maximum Gasteiger partial charge on any atom is 0.416 e. The molecule has 4 nitrogen and oxygen atoms in total. The number of nitrogens with one attached hydrogen (secondary N) is 1. The molecule has 0 radical (unpaired) electrons. The normalized spacial score (nSPS) is 16.4. The van der Waals surface area contributed by atoms with Crippen LogP contribution in [0.2, 0.25) is 0 Å². The van der Waals surface area contributed by atoms with E-state index in [1.54, 1.807) is 0 Å². The van der Waals surface area contributed by atoms with Gasteiger partial charge in [0.05, 0.1) is 24.9 Å². The van der Waals surface area contributed by atoms with Gasteiger partial charge in [-0.1, -0.05) is 30.3 Å². The molecule has 1 atom stereocenters. The molecule has 0 spiro atoms. The molecule has 0 bridgehead atoms. The van der Waals surface area contributed by atoms with Crippen LogP contribution in [0.15, 0.2) is 48.5 Å². The third-order valence-electron chi connectivity index (χ3n) is 4.60. The van der Waals surface area contributed by atoms with Gasteiger partial charge in [-0.05, 0) is 29.3 Å². The van der Waals surface area contributed by atoms with E-state index in [1.807, 2.05) is 24.3 Å². The topological polar surface area (TPSA) is 44.7 Å². The number of alkyl halides is 3. The number of hydrogen-bond donors (Lipinski definition) is 2. The number of para-hydroxylation sites is 1. The highest BCUT2D eigenvalue weighted by atomic mass is 19.4. The molecule has 1 aliphatic heterocycles. The van der Waals surface area contributed by atoms with E-state index >= 15 is 0 Å². The van der Waals surface area contributed by atoms with Crippen LogP contribution in [-0.4, -0.2) is 38.0 Å². The molecule has 0 saturated carbocycles. The minimum Gasteiger partial charge on any atom is -0.387 e.